The van der Waals surface area contributed by atoms with E-state index in [0.29, 0.717) is 34.1 Å². The first-order chi connectivity index (χ1) is 16.7. The molecule has 1 aliphatic heterocycles. The number of nitrogens with zero attached hydrogens (tertiary/aromatic N) is 1. The second-order valence-corrected chi connectivity index (χ2v) is 11.0. The van der Waals surface area contributed by atoms with E-state index < -0.39 is 5.97 Å². The lowest BCUT2D eigenvalue weighted by Crippen LogP contribution is -2.14. The molecule has 4 rings (SSSR count). The number of carbonyl (C=O) groups excluding carboxylic acids is 1. The Labute approximate surface area is 212 Å². The molecular formula is C25H27NO5S3. The SMILES string of the molecule is CCOc1ccc(-c2nc(COC(=O)COc3ccc(C4SCCCS4)cc3)cs2)cc1OC. The van der Waals surface area contributed by atoms with Gasteiger partial charge in [-0.25, -0.2) is 9.78 Å². The Bertz CT molecular complexity index is 1080. The molecule has 2 heterocycles. The van der Waals surface area contributed by atoms with Gasteiger partial charge in [0.15, 0.2) is 18.1 Å². The fourth-order valence-corrected chi connectivity index (χ4v) is 7.02. The Morgan fingerprint density at radius 2 is 1.85 bits per heavy atom. The maximum absolute atomic E-state index is 12.2. The van der Waals surface area contributed by atoms with E-state index in [9.17, 15) is 4.79 Å². The van der Waals surface area contributed by atoms with E-state index in [1.54, 1.807) is 7.11 Å². The fourth-order valence-electron chi connectivity index (χ4n) is 3.32. The largest absolute Gasteiger partial charge is 0.493 e. The molecule has 1 aliphatic rings. The summed E-state index contributed by atoms with van der Waals surface area (Å²) in [4.78, 5) is 16.7. The van der Waals surface area contributed by atoms with Crippen LogP contribution in [-0.2, 0) is 16.1 Å². The number of methoxy groups -OCH3 is 1. The first-order valence-corrected chi connectivity index (χ1v) is 14.0. The van der Waals surface area contributed by atoms with Gasteiger partial charge in [0, 0.05) is 10.9 Å². The third-order valence-corrected chi connectivity index (χ3v) is 8.93. The van der Waals surface area contributed by atoms with E-state index in [1.165, 1.54) is 34.8 Å². The first-order valence-electron chi connectivity index (χ1n) is 11.0. The molecule has 34 heavy (non-hydrogen) atoms. The van der Waals surface area contributed by atoms with Crippen LogP contribution in [-0.4, -0.2) is 42.8 Å². The van der Waals surface area contributed by atoms with E-state index in [0.717, 1.165) is 10.6 Å². The fraction of sp³-hybridized carbons (Fsp3) is 0.360. The topological polar surface area (TPSA) is 66.9 Å². The van der Waals surface area contributed by atoms with Crippen LogP contribution >= 0.6 is 34.9 Å². The lowest BCUT2D eigenvalue weighted by atomic mass is 10.2. The summed E-state index contributed by atoms with van der Waals surface area (Å²) in [6.45, 7) is 2.45. The van der Waals surface area contributed by atoms with Gasteiger partial charge in [0.25, 0.3) is 0 Å². The molecule has 0 spiro atoms. The van der Waals surface area contributed by atoms with Gasteiger partial charge in [0.2, 0.25) is 0 Å². The van der Waals surface area contributed by atoms with Gasteiger partial charge in [-0.05, 0) is 60.7 Å². The maximum atomic E-state index is 12.2. The van der Waals surface area contributed by atoms with Crippen molar-refractivity contribution < 1.29 is 23.7 Å². The van der Waals surface area contributed by atoms with Gasteiger partial charge < -0.3 is 18.9 Å². The summed E-state index contributed by atoms with van der Waals surface area (Å²) in [5.41, 5.74) is 2.89. The molecule has 0 atom stereocenters. The molecule has 9 heteroatoms. The average molecular weight is 518 g/mol. The van der Waals surface area contributed by atoms with Crippen LogP contribution in [0, 0.1) is 0 Å². The number of esters is 1. The highest BCUT2D eigenvalue weighted by molar-refractivity contribution is 8.16. The normalized spacial score (nSPS) is 13.9. The number of rotatable bonds is 10. The molecule has 0 N–H and O–H groups in total. The molecule has 0 aliphatic carbocycles. The van der Waals surface area contributed by atoms with Gasteiger partial charge in [0.1, 0.15) is 17.4 Å². The van der Waals surface area contributed by atoms with Crippen molar-refractivity contribution in [3.05, 3.63) is 59.1 Å². The Morgan fingerprint density at radius 1 is 1.06 bits per heavy atom. The Hall–Kier alpha value is -2.36. The number of benzene rings is 2. The molecule has 2 aromatic carbocycles. The van der Waals surface area contributed by atoms with Gasteiger partial charge in [-0.15, -0.1) is 34.9 Å². The highest BCUT2D eigenvalue weighted by atomic mass is 32.2. The van der Waals surface area contributed by atoms with Crippen LogP contribution < -0.4 is 14.2 Å². The van der Waals surface area contributed by atoms with E-state index >= 15 is 0 Å². The molecule has 1 fully saturated rings. The predicted octanol–water partition coefficient (Wildman–Crippen LogP) is 6.21. The maximum Gasteiger partial charge on any atom is 0.344 e. The zero-order chi connectivity index (χ0) is 23.8. The van der Waals surface area contributed by atoms with Gasteiger partial charge in [-0.1, -0.05) is 12.1 Å². The lowest BCUT2D eigenvalue weighted by Gasteiger charge is -2.21. The van der Waals surface area contributed by atoms with Crippen LogP contribution in [0.2, 0.25) is 0 Å². The quantitative estimate of drug-likeness (QED) is 0.294. The van der Waals surface area contributed by atoms with Gasteiger partial charge in [-0.3, -0.25) is 0 Å². The Balaban J connectivity index is 1.25. The molecule has 0 amide bonds. The number of carbonyl (C=O) groups is 1. The minimum absolute atomic E-state index is 0.0991. The third-order valence-electron chi connectivity index (χ3n) is 4.98. The Kier molecular flexibility index (Phi) is 9.01. The lowest BCUT2D eigenvalue weighted by molar-refractivity contribution is -0.147. The molecule has 0 saturated carbocycles. The predicted molar refractivity (Wildman–Crippen MR) is 139 cm³/mol. The minimum Gasteiger partial charge on any atom is -0.493 e. The van der Waals surface area contributed by atoms with Crippen LogP contribution in [0.3, 0.4) is 0 Å². The summed E-state index contributed by atoms with van der Waals surface area (Å²) in [5, 5.41) is 2.70. The van der Waals surface area contributed by atoms with Crippen molar-refractivity contribution in [2.24, 2.45) is 0 Å². The molecule has 1 saturated heterocycles. The second-order valence-electron chi connectivity index (χ2n) is 7.39. The summed E-state index contributed by atoms with van der Waals surface area (Å²) in [5.74, 6) is 3.99. The van der Waals surface area contributed by atoms with Gasteiger partial charge in [-0.2, -0.15) is 0 Å². The number of ether oxygens (including phenoxy) is 4. The summed E-state index contributed by atoms with van der Waals surface area (Å²) in [6.07, 6.45) is 1.27. The van der Waals surface area contributed by atoms with Crippen molar-refractivity contribution >= 4 is 40.8 Å². The van der Waals surface area contributed by atoms with Gasteiger partial charge in [0.05, 0.1) is 24.0 Å². The zero-order valence-corrected chi connectivity index (χ0v) is 21.6. The third kappa shape index (κ3) is 6.61. The van der Waals surface area contributed by atoms with E-state index in [-0.39, 0.29) is 13.2 Å². The number of thiazole rings is 1. The van der Waals surface area contributed by atoms with Crippen LogP contribution in [0.25, 0.3) is 10.6 Å². The smallest absolute Gasteiger partial charge is 0.344 e. The highest BCUT2D eigenvalue weighted by Gasteiger charge is 2.16. The second kappa shape index (κ2) is 12.4. The van der Waals surface area contributed by atoms with Crippen LogP contribution in [0.15, 0.2) is 47.8 Å². The van der Waals surface area contributed by atoms with Gasteiger partial charge >= 0.3 is 5.97 Å². The molecule has 180 valence electrons. The highest BCUT2D eigenvalue weighted by Crippen LogP contribution is 2.43. The molecule has 3 aromatic rings. The van der Waals surface area contributed by atoms with Crippen LogP contribution in [0.4, 0.5) is 0 Å². The standard InChI is InChI=1S/C25H27NO5S3/c1-3-29-21-10-7-18(13-22(21)28-2)24-26-19(16-34-24)14-31-23(27)15-30-20-8-5-17(6-9-20)25-32-11-4-12-33-25/h5-10,13,16,25H,3-4,11-12,14-15H2,1-2H3. The van der Waals surface area contributed by atoms with E-state index in [2.05, 4.69) is 17.1 Å². The molecular weight excluding hydrogens is 490 g/mol. The first kappa shape index (κ1) is 24.8. The molecule has 0 bridgehead atoms. The number of thioether (sulfide) groups is 2. The van der Waals surface area contributed by atoms with E-state index in [1.807, 2.05) is 66.2 Å². The van der Waals surface area contributed by atoms with Crippen molar-refractivity contribution in [1.29, 1.82) is 0 Å². The van der Waals surface area contributed by atoms with Crippen molar-refractivity contribution in [3.63, 3.8) is 0 Å². The Morgan fingerprint density at radius 3 is 2.59 bits per heavy atom. The van der Waals surface area contributed by atoms with Crippen molar-refractivity contribution in [3.8, 4) is 27.8 Å². The van der Waals surface area contributed by atoms with Crippen molar-refractivity contribution in [1.82, 2.24) is 4.98 Å². The average Bonchev–Trinajstić information content (AvgIpc) is 3.36. The number of hydrogen-bond donors (Lipinski definition) is 0. The number of aromatic nitrogens is 1. The molecule has 0 radical (unpaired) electrons. The zero-order valence-electron chi connectivity index (χ0n) is 19.2. The van der Waals surface area contributed by atoms with Crippen molar-refractivity contribution in [2.75, 3.05) is 31.8 Å². The monoisotopic (exact) mass is 517 g/mol. The molecule has 0 unspecified atom stereocenters. The molecule has 1 aromatic heterocycles. The van der Waals surface area contributed by atoms with Crippen LogP contribution in [0.1, 0.15) is 29.2 Å². The number of hydrogen-bond acceptors (Lipinski definition) is 9. The van der Waals surface area contributed by atoms with E-state index in [4.69, 9.17) is 18.9 Å². The summed E-state index contributed by atoms with van der Waals surface area (Å²) in [6, 6.07) is 13.7. The molecule has 6 nitrogen and oxygen atoms in total. The van der Waals surface area contributed by atoms with Crippen LogP contribution in [0.5, 0.6) is 17.2 Å². The van der Waals surface area contributed by atoms with Crippen molar-refractivity contribution in [2.45, 2.75) is 24.5 Å². The summed E-state index contributed by atoms with van der Waals surface area (Å²) in [7, 11) is 1.61. The minimum atomic E-state index is -0.431. The summed E-state index contributed by atoms with van der Waals surface area (Å²) < 4.78 is 22.4. The summed E-state index contributed by atoms with van der Waals surface area (Å²) >= 11 is 5.44.